The molecule has 2 aromatic carbocycles. The number of H-pyrrole nitrogens is 1. The molecule has 2 heterocycles. The first-order valence-electron chi connectivity index (χ1n) is 14.9. The summed E-state index contributed by atoms with van der Waals surface area (Å²) in [6.07, 6.45) is 10.6. The lowest BCUT2D eigenvalue weighted by molar-refractivity contribution is -0.121. The molecule has 4 aromatic rings. The number of aromatic amines is 1. The molecule has 2 aliphatic rings. The summed E-state index contributed by atoms with van der Waals surface area (Å²) in [4.78, 5) is 28.2. The average molecular weight is 553 g/mol. The van der Waals surface area contributed by atoms with E-state index < -0.39 is 0 Å². The Morgan fingerprint density at radius 3 is 2.59 bits per heavy atom. The summed E-state index contributed by atoms with van der Waals surface area (Å²) in [5.74, 6) is 2.65. The topological polar surface area (TPSA) is 95.2 Å². The monoisotopic (exact) mass is 552 g/mol. The standard InChI is InChI=1S/C33H40N6O2/c1-39(2)32-27-10-6-7-11-30(27)37-33(38-32)36-25-14-12-24(13-15-25)35-31(40)18-23-20-34-29-17-16-26(19-28(23)29)41-21-22-8-4-3-5-9-22/h3-5,8-9,16-17,19-20,24-25,34H,6-7,10-15,18,21H2,1-2H3,(H,35,40)(H,36,37,38)/t24-,25+. The normalized spacial score (nSPS) is 18.5. The van der Waals surface area contributed by atoms with E-state index in [0.29, 0.717) is 19.1 Å². The zero-order valence-corrected chi connectivity index (χ0v) is 24.1. The van der Waals surface area contributed by atoms with Gasteiger partial charge in [0, 0.05) is 48.8 Å². The maximum absolute atomic E-state index is 13.0. The number of fused-ring (bicyclic) bond motifs is 2. The predicted octanol–water partition coefficient (Wildman–Crippen LogP) is 5.56. The molecule has 0 unspecified atom stereocenters. The fraction of sp³-hybridized carbons (Fsp3) is 0.424. The molecule has 0 bridgehead atoms. The maximum atomic E-state index is 13.0. The molecular formula is C33H40N6O2. The van der Waals surface area contributed by atoms with Gasteiger partial charge in [-0.15, -0.1) is 0 Å². The third kappa shape index (κ3) is 6.47. The first-order valence-corrected chi connectivity index (χ1v) is 14.9. The second-order valence-corrected chi connectivity index (χ2v) is 11.6. The van der Waals surface area contributed by atoms with Crippen LogP contribution in [0.15, 0.2) is 54.7 Å². The number of anilines is 2. The molecule has 0 saturated heterocycles. The summed E-state index contributed by atoms with van der Waals surface area (Å²) in [5, 5.41) is 7.92. The largest absolute Gasteiger partial charge is 0.489 e. The zero-order chi connectivity index (χ0) is 28.2. The number of aryl methyl sites for hydroxylation is 1. The van der Waals surface area contributed by atoms with Crippen molar-refractivity contribution in [1.82, 2.24) is 20.3 Å². The van der Waals surface area contributed by atoms with Gasteiger partial charge in [0.15, 0.2) is 0 Å². The first kappa shape index (κ1) is 27.1. The van der Waals surface area contributed by atoms with Gasteiger partial charge >= 0.3 is 0 Å². The van der Waals surface area contributed by atoms with Crippen molar-refractivity contribution in [3.63, 3.8) is 0 Å². The highest BCUT2D eigenvalue weighted by molar-refractivity contribution is 5.89. The van der Waals surface area contributed by atoms with E-state index in [-0.39, 0.29) is 11.9 Å². The highest BCUT2D eigenvalue weighted by Crippen LogP contribution is 2.30. The van der Waals surface area contributed by atoms with E-state index in [9.17, 15) is 4.79 Å². The minimum atomic E-state index is 0.0616. The lowest BCUT2D eigenvalue weighted by Gasteiger charge is -2.30. The van der Waals surface area contributed by atoms with Crippen molar-refractivity contribution in [2.45, 2.75) is 76.5 Å². The van der Waals surface area contributed by atoms with Crippen LogP contribution in [0.2, 0.25) is 0 Å². The Kier molecular flexibility index (Phi) is 8.07. The van der Waals surface area contributed by atoms with Gasteiger partial charge in [0.25, 0.3) is 0 Å². The summed E-state index contributed by atoms with van der Waals surface area (Å²) >= 11 is 0. The van der Waals surface area contributed by atoms with Gasteiger partial charge in [-0.1, -0.05) is 30.3 Å². The van der Waals surface area contributed by atoms with Crippen molar-refractivity contribution < 1.29 is 9.53 Å². The van der Waals surface area contributed by atoms with Gasteiger partial charge in [-0.2, -0.15) is 4.98 Å². The van der Waals surface area contributed by atoms with Crippen LogP contribution in [0.5, 0.6) is 5.75 Å². The molecule has 8 heteroatoms. The number of rotatable bonds is 9. The van der Waals surface area contributed by atoms with Crippen molar-refractivity contribution in [3.05, 3.63) is 77.1 Å². The molecule has 3 N–H and O–H groups in total. The van der Waals surface area contributed by atoms with Crippen LogP contribution >= 0.6 is 0 Å². The molecule has 41 heavy (non-hydrogen) atoms. The van der Waals surface area contributed by atoms with Crippen molar-refractivity contribution >= 4 is 28.6 Å². The summed E-state index contributed by atoms with van der Waals surface area (Å²) in [7, 11) is 4.12. The quantitative estimate of drug-likeness (QED) is 0.252. The number of nitrogens with zero attached hydrogens (tertiary/aromatic N) is 3. The minimum Gasteiger partial charge on any atom is -0.489 e. The number of hydrogen-bond donors (Lipinski definition) is 3. The minimum absolute atomic E-state index is 0.0616. The third-order valence-corrected chi connectivity index (χ3v) is 8.35. The highest BCUT2D eigenvalue weighted by atomic mass is 16.5. The molecule has 0 radical (unpaired) electrons. The highest BCUT2D eigenvalue weighted by Gasteiger charge is 2.25. The number of hydrogen-bond acceptors (Lipinski definition) is 6. The Balaban J connectivity index is 1.02. The van der Waals surface area contributed by atoms with Gasteiger partial charge in [-0.3, -0.25) is 4.79 Å². The summed E-state index contributed by atoms with van der Waals surface area (Å²) in [5.41, 5.74) is 5.63. The van der Waals surface area contributed by atoms with E-state index in [1.807, 2.05) is 42.6 Å². The van der Waals surface area contributed by atoms with Crippen molar-refractivity contribution in [3.8, 4) is 5.75 Å². The maximum Gasteiger partial charge on any atom is 0.225 e. The van der Waals surface area contributed by atoms with Crippen molar-refractivity contribution in [1.29, 1.82) is 0 Å². The molecule has 214 valence electrons. The lowest BCUT2D eigenvalue weighted by Crippen LogP contribution is -2.41. The number of carbonyl (C=O) groups is 1. The molecule has 1 fully saturated rings. The van der Waals surface area contributed by atoms with Gasteiger partial charge in [0.2, 0.25) is 11.9 Å². The molecule has 0 atom stereocenters. The molecule has 2 aliphatic carbocycles. The van der Waals surface area contributed by atoms with Crippen molar-refractivity contribution in [2.75, 3.05) is 24.3 Å². The number of aromatic nitrogens is 3. The van der Waals surface area contributed by atoms with E-state index in [2.05, 4.69) is 46.7 Å². The summed E-state index contributed by atoms with van der Waals surface area (Å²) < 4.78 is 6.02. The van der Waals surface area contributed by atoms with Crippen molar-refractivity contribution in [2.24, 2.45) is 0 Å². The number of benzene rings is 2. The van der Waals surface area contributed by atoms with Crippen LogP contribution in [-0.4, -0.2) is 47.0 Å². The van der Waals surface area contributed by atoms with Crippen LogP contribution in [0.3, 0.4) is 0 Å². The van der Waals surface area contributed by atoms with Crippen LogP contribution in [0.25, 0.3) is 10.9 Å². The Morgan fingerprint density at radius 1 is 1.00 bits per heavy atom. The van der Waals surface area contributed by atoms with Gasteiger partial charge in [-0.05, 0) is 80.7 Å². The first-order chi connectivity index (χ1) is 20.0. The molecular weight excluding hydrogens is 512 g/mol. The van der Waals surface area contributed by atoms with Gasteiger partial charge in [0.05, 0.1) is 12.1 Å². The number of nitrogens with one attached hydrogen (secondary N) is 3. The van der Waals surface area contributed by atoms with Crippen LogP contribution in [0, 0.1) is 0 Å². The van der Waals surface area contributed by atoms with Gasteiger partial charge < -0.3 is 25.3 Å². The number of ether oxygens (including phenoxy) is 1. The predicted molar refractivity (Wildman–Crippen MR) is 164 cm³/mol. The molecule has 6 rings (SSSR count). The number of amides is 1. The van der Waals surface area contributed by atoms with E-state index in [1.54, 1.807) is 0 Å². The van der Waals surface area contributed by atoms with E-state index >= 15 is 0 Å². The van der Waals surface area contributed by atoms with Crippen LogP contribution in [-0.2, 0) is 30.7 Å². The average Bonchev–Trinajstić information content (AvgIpc) is 3.38. The van der Waals surface area contributed by atoms with Crippen LogP contribution in [0.4, 0.5) is 11.8 Å². The third-order valence-electron chi connectivity index (χ3n) is 8.35. The Labute approximate surface area is 241 Å². The molecule has 1 saturated carbocycles. The summed E-state index contributed by atoms with van der Waals surface area (Å²) in [6, 6.07) is 16.7. The molecule has 0 spiro atoms. The lowest BCUT2D eigenvalue weighted by atomic mass is 9.91. The smallest absolute Gasteiger partial charge is 0.225 e. The van der Waals surface area contributed by atoms with Crippen LogP contribution in [0.1, 0.15) is 60.9 Å². The summed E-state index contributed by atoms with van der Waals surface area (Å²) in [6.45, 7) is 0.513. The Morgan fingerprint density at radius 2 is 1.78 bits per heavy atom. The molecule has 1 amide bonds. The number of carbonyl (C=O) groups excluding carboxylic acids is 1. The second-order valence-electron chi connectivity index (χ2n) is 11.6. The van der Waals surface area contributed by atoms with E-state index in [4.69, 9.17) is 14.7 Å². The SMILES string of the molecule is CN(C)c1nc(N[C@H]2CC[C@@H](NC(=O)Cc3c[nH]c4ccc(OCc5ccccc5)cc34)CC2)nc2c1CCCC2. The Hall–Kier alpha value is -4.07. The van der Waals surface area contributed by atoms with Gasteiger partial charge in [-0.25, -0.2) is 4.98 Å². The van der Waals surface area contributed by atoms with E-state index in [0.717, 1.165) is 78.1 Å². The molecule has 2 aromatic heterocycles. The van der Waals surface area contributed by atoms with Gasteiger partial charge in [0.1, 0.15) is 18.2 Å². The van der Waals surface area contributed by atoms with E-state index in [1.165, 1.54) is 24.1 Å². The van der Waals surface area contributed by atoms with Crippen LogP contribution < -0.4 is 20.3 Å². The fourth-order valence-electron chi connectivity index (χ4n) is 6.16. The zero-order valence-electron chi connectivity index (χ0n) is 24.1. The second kappa shape index (κ2) is 12.2. The fourth-order valence-corrected chi connectivity index (χ4v) is 6.16. The molecule has 8 nitrogen and oxygen atoms in total. The molecule has 0 aliphatic heterocycles. The Bertz CT molecular complexity index is 1490.